The van der Waals surface area contributed by atoms with Gasteiger partial charge in [0.1, 0.15) is 0 Å². The molecule has 0 radical (unpaired) electrons. The molecule has 2 heterocycles. The topological polar surface area (TPSA) is 91.4 Å². The summed E-state index contributed by atoms with van der Waals surface area (Å²) in [6.07, 6.45) is 2.81. The summed E-state index contributed by atoms with van der Waals surface area (Å²) in [4.78, 5) is 17.2. The smallest absolute Gasteiger partial charge is 0.251 e. The zero-order valence-electron chi connectivity index (χ0n) is 16.5. The number of thiazole rings is 1. The standard InChI is InChI=1S/C21H24N4O3S2/c26-20(22-11-12-23-21-24-18-9-2-3-10-19(18)29-21)16-7-6-8-17(15-16)30(27,28)25-13-4-1-5-14-25/h2-3,6-10,15H,1,4-5,11-14H2,(H,22,26)(H,23,24). The van der Waals surface area contributed by atoms with Crippen LogP contribution in [0.1, 0.15) is 29.6 Å². The van der Waals surface area contributed by atoms with Gasteiger partial charge in [0.15, 0.2) is 5.13 Å². The highest BCUT2D eigenvalue weighted by Gasteiger charge is 2.26. The van der Waals surface area contributed by atoms with Gasteiger partial charge in [0.2, 0.25) is 10.0 Å². The van der Waals surface area contributed by atoms with E-state index in [0.29, 0.717) is 31.7 Å². The highest BCUT2D eigenvalue weighted by atomic mass is 32.2. The van der Waals surface area contributed by atoms with Crippen LogP contribution in [0.2, 0.25) is 0 Å². The van der Waals surface area contributed by atoms with Crippen LogP contribution < -0.4 is 10.6 Å². The number of hydrogen-bond donors (Lipinski definition) is 2. The Kier molecular flexibility index (Phi) is 6.31. The predicted molar refractivity (Wildman–Crippen MR) is 119 cm³/mol. The zero-order chi connectivity index (χ0) is 21.0. The van der Waals surface area contributed by atoms with Crippen LogP contribution in [-0.2, 0) is 10.0 Å². The number of piperidine rings is 1. The second-order valence-corrected chi connectivity index (χ2v) is 10.1. The van der Waals surface area contributed by atoms with Crippen LogP contribution >= 0.6 is 11.3 Å². The molecule has 158 valence electrons. The number of nitrogens with zero attached hydrogens (tertiary/aromatic N) is 2. The molecule has 30 heavy (non-hydrogen) atoms. The van der Waals surface area contributed by atoms with E-state index >= 15 is 0 Å². The summed E-state index contributed by atoms with van der Waals surface area (Å²) in [7, 11) is -3.56. The second-order valence-electron chi connectivity index (χ2n) is 7.16. The van der Waals surface area contributed by atoms with Gasteiger partial charge in [0.05, 0.1) is 15.1 Å². The summed E-state index contributed by atoms with van der Waals surface area (Å²) in [6.45, 7) is 2.00. The number of sulfonamides is 1. The van der Waals surface area contributed by atoms with Crippen LogP contribution in [0.15, 0.2) is 53.4 Å². The molecule has 2 N–H and O–H groups in total. The number of hydrogen-bond acceptors (Lipinski definition) is 6. The van der Waals surface area contributed by atoms with Crippen LogP contribution in [0.4, 0.5) is 5.13 Å². The summed E-state index contributed by atoms with van der Waals surface area (Å²) in [6, 6.07) is 14.2. The summed E-state index contributed by atoms with van der Waals surface area (Å²) in [5.41, 5.74) is 1.29. The van der Waals surface area contributed by atoms with Crippen LogP contribution in [0.25, 0.3) is 10.2 Å². The van der Waals surface area contributed by atoms with E-state index in [2.05, 4.69) is 15.6 Å². The van der Waals surface area contributed by atoms with Gasteiger partial charge in [-0.1, -0.05) is 36.0 Å². The van der Waals surface area contributed by atoms with Crippen molar-refractivity contribution >= 4 is 42.6 Å². The van der Waals surface area contributed by atoms with Crippen molar-refractivity contribution in [2.45, 2.75) is 24.2 Å². The monoisotopic (exact) mass is 444 g/mol. The summed E-state index contributed by atoms with van der Waals surface area (Å²) in [5.74, 6) is -0.295. The molecule has 2 aromatic carbocycles. The minimum atomic E-state index is -3.56. The number of rotatable bonds is 7. The molecule has 0 aliphatic carbocycles. The predicted octanol–water partition coefficient (Wildman–Crippen LogP) is 3.31. The number of para-hydroxylation sites is 1. The van der Waals surface area contributed by atoms with E-state index < -0.39 is 10.0 Å². The lowest BCUT2D eigenvalue weighted by atomic mass is 10.2. The molecule has 7 nitrogen and oxygen atoms in total. The van der Waals surface area contributed by atoms with Crippen molar-refractivity contribution in [3.63, 3.8) is 0 Å². The third-order valence-electron chi connectivity index (χ3n) is 5.03. The van der Waals surface area contributed by atoms with E-state index in [4.69, 9.17) is 0 Å². The van der Waals surface area contributed by atoms with E-state index in [1.807, 2.05) is 24.3 Å². The molecule has 1 saturated heterocycles. The Hall–Kier alpha value is -2.49. The highest BCUT2D eigenvalue weighted by Crippen LogP contribution is 2.25. The van der Waals surface area contributed by atoms with Crippen LogP contribution in [0, 0.1) is 0 Å². The first-order valence-electron chi connectivity index (χ1n) is 10.0. The zero-order valence-corrected chi connectivity index (χ0v) is 18.1. The quantitative estimate of drug-likeness (QED) is 0.546. The Balaban J connectivity index is 1.33. The van der Waals surface area contributed by atoms with Crippen molar-refractivity contribution in [2.75, 3.05) is 31.5 Å². The minimum absolute atomic E-state index is 0.171. The first-order valence-corrected chi connectivity index (χ1v) is 12.3. The normalized spacial score (nSPS) is 15.2. The Morgan fingerprint density at radius 2 is 1.83 bits per heavy atom. The molecular weight excluding hydrogens is 420 g/mol. The fourth-order valence-corrected chi connectivity index (χ4v) is 5.90. The van der Waals surface area contributed by atoms with Gasteiger partial charge in [-0.05, 0) is 43.2 Å². The Labute approximate surface area is 180 Å². The van der Waals surface area contributed by atoms with Crippen molar-refractivity contribution in [1.82, 2.24) is 14.6 Å². The maximum Gasteiger partial charge on any atom is 0.251 e. The number of anilines is 1. The summed E-state index contributed by atoms with van der Waals surface area (Å²) in [5, 5.41) is 6.84. The van der Waals surface area contributed by atoms with Gasteiger partial charge in [0.25, 0.3) is 5.91 Å². The lowest BCUT2D eigenvalue weighted by molar-refractivity contribution is 0.0955. The Morgan fingerprint density at radius 1 is 1.03 bits per heavy atom. The molecule has 1 amide bonds. The third kappa shape index (κ3) is 4.63. The molecule has 0 bridgehead atoms. The fourth-order valence-electron chi connectivity index (χ4n) is 3.45. The van der Waals surface area contributed by atoms with Crippen LogP contribution in [0.3, 0.4) is 0 Å². The number of carbonyl (C=O) groups excluding carboxylic acids is 1. The molecule has 1 aliphatic heterocycles. The number of carbonyl (C=O) groups is 1. The number of nitrogens with one attached hydrogen (secondary N) is 2. The maximum absolute atomic E-state index is 12.8. The summed E-state index contributed by atoms with van der Waals surface area (Å²) < 4.78 is 28.3. The molecule has 0 saturated carbocycles. The van der Waals surface area contributed by atoms with Gasteiger partial charge in [-0.2, -0.15) is 4.31 Å². The largest absolute Gasteiger partial charge is 0.360 e. The molecule has 1 aromatic heterocycles. The second kappa shape index (κ2) is 9.11. The molecule has 3 aromatic rings. The van der Waals surface area contributed by atoms with E-state index in [1.54, 1.807) is 29.5 Å². The first-order chi connectivity index (χ1) is 14.5. The molecule has 0 atom stereocenters. The van der Waals surface area contributed by atoms with Gasteiger partial charge in [-0.3, -0.25) is 4.79 Å². The van der Waals surface area contributed by atoms with Crippen LogP contribution in [0.5, 0.6) is 0 Å². The number of amides is 1. The highest BCUT2D eigenvalue weighted by molar-refractivity contribution is 7.89. The first kappa shape index (κ1) is 20.8. The van der Waals surface area contributed by atoms with Gasteiger partial charge in [-0.25, -0.2) is 13.4 Å². The molecule has 9 heteroatoms. The van der Waals surface area contributed by atoms with E-state index in [0.717, 1.165) is 34.6 Å². The van der Waals surface area contributed by atoms with Crippen molar-refractivity contribution in [3.8, 4) is 0 Å². The summed E-state index contributed by atoms with van der Waals surface area (Å²) >= 11 is 1.56. The molecular formula is C21H24N4O3S2. The SMILES string of the molecule is O=C(NCCNc1nc2ccccc2s1)c1cccc(S(=O)(=O)N2CCCCC2)c1. The van der Waals surface area contributed by atoms with Crippen LogP contribution in [-0.4, -0.2) is 49.8 Å². The number of fused-ring (bicyclic) bond motifs is 1. The molecule has 4 rings (SSSR count). The van der Waals surface area contributed by atoms with Crippen molar-refractivity contribution in [1.29, 1.82) is 0 Å². The van der Waals surface area contributed by atoms with Gasteiger partial charge in [0, 0.05) is 31.7 Å². The van der Waals surface area contributed by atoms with Gasteiger partial charge in [-0.15, -0.1) is 0 Å². The van der Waals surface area contributed by atoms with E-state index in [-0.39, 0.29) is 10.8 Å². The third-order valence-corrected chi connectivity index (χ3v) is 7.92. The Morgan fingerprint density at radius 3 is 2.63 bits per heavy atom. The average molecular weight is 445 g/mol. The number of benzene rings is 2. The van der Waals surface area contributed by atoms with Crippen molar-refractivity contribution < 1.29 is 13.2 Å². The maximum atomic E-state index is 12.8. The lowest BCUT2D eigenvalue weighted by Crippen LogP contribution is -2.35. The van der Waals surface area contributed by atoms with E-state index in [1.165, 1.54) is 10.4 Å². The number of aromatic nitrogens is 1. The van der Waals surface area contributed by atoms with Crippen molar-refractivity contribution in [3.05, 3.63) is 54.1 Å². The van der Waals surface area contributed by atoms with Gasteiger partial charge < -0.3 is 10.6 Å². The lowest BCUT2D eigenvalue weighted by Gasteiger charge is -2.26. The molecule has 1 aliphatic rings. The fraction of sp³-hybridized carbons (Fsp3) is 0.333. The average Bonchev–Trinajstić information content (AvgIpc) is 3.20. The Bertz CT molecular complexity index is 1100. The molecule has 0 spiro atoms. The van der Waals surface area contributed by atoms with Gasteiger partial charge >= 0.3 is 0 Å². The van der Waals surface area contributed by atoms with E-state index in [9.17, 15) is 13.2 Å². The van der Waals surface area contributed by atoms with Crippen molar-refractivity contribution in [2.24, 2.45) is 0 Å². The molecule has 0 unspecified atom stereocenters. The molecule has 1 fully saturated rings. The minimum Gasteiger partial charge on any atom is -0.360 e.